The maximum atomic E-state index is 5.65. The van der Waals surface area contributed by atoms with Gasteiger partial charge in [0.25, 0.3) is 0 Å². The zero-order valence-corrected chi connectivity index (χ0v) is 8.78. The third-order valence-corrected chi connectivity index (χ3v) is 1.48. The molecule has 1 atom stereocenters. The number of hydrogen-bond acceptors (Lipinski definition) is 2. The molecule has 0 aromatic carbocycles. The molecule has 0 amide bonds. The summed E-state index contributed by atoms with van der Waals surface area (Å²) in [7, 11) is 0. The van der Waals surface area contributed by atoms with Crippen molar-refractivity contribution in [2.75, 3.05) is 0 Å². The van der Waals surface area contributed by atoms with Crippen molar-refractivity contribution in [1.82, 2.24) is 4.98 Å². The van der Waals surface area contributed by atoms with Crippen molar-refractivity contribution in [2.45, 2.75) is 19.9 Å². The maximum Gasteiger partial charge on any atom is 0.0597 e. The number of pyridine rings is 1. The first-order chi connectivity index (χ1) is 4.72. The predicted octanol–water partition coefficient (Wildman–Crippen LogP) is 2.25. The van der Waals surface area contributed by atoms with Crippen LogP contribution in [0.2, 0.25) is 0 Å². The summed E-state index contributed by atoms with van der Waals surface area (Å²) in [5.41, 5.74) is 7.80. The number of aryl methyl sites for hydroxylation is 1. The number of halogens is 2. The van der Waals surface area contributed by atoms with Crippen LogP contribution in [0.15, 0.2) is 18.3 Å². The van der Waals surface area contributed by atoms with Gasteiger partial charge in [-0.2, -0.15) is 0 Å². The minimum absolute atomic E-state index is 0. The molecule has 0 bridgehead atoms. The van der Waals surface area contributed by atoms with Gasteiger partial charge in [0.15, 0.2) is 0 Å². The Morgan fingerprint density at radius 2 is 2.00 bits per heavy atom. The summed E-state index contributed by atoms with van der Waals surface area (Å²) in [5, 5.41) is 0. The van der Waals surface area contributed by atoms with E-state index in [-0.39, 0.29) is 30.9 Å². The van der Waals surface area contributed by atoms with Crippen LogP contribution in [0.1, 0.15) is 24.2 Å². The van der Waals surface area contributed by atoms with Crippen LogP contribution in [0.3, 0.4) is 0 Å². The molecule has 2 N–H and O–H groups in total. The van der Waals surface area contributed by atoms with Gasteiger partial charge in [-0.15, -0.1) is 24.8 Å². The van der Waals surface area contributed by atoms with Crippen LogP contribution in [0.5, 0.6) is 0 Å². The Morgan fingerprint density at radius 1 is 1.42 bits per heavy atom. The second-order valence-corrected chi connectivity index (χ2v) is 2.49. The first-order valence-corrected chi connectivity index (χ1v) is 3.39. The minimum Gasteiger partial charge on any atom is -0.323 e. The number of hydrogen-bond donors (Lipinski definition) is 1. The van der Waals surface area contributed by atoms with E-state index in [2.05, 4.69) is 4.98 Å². The summed E-state index contributed by atoms with van der Waals surface area (Å²) >= 11 is 0. The van der Waals surface area contributed by atoms with E-state index in [0.29, 0.717) is 0 Å². The van der Waals surface area contributed by atoms with E-state index >= 15 is 0 Å². The van der Waals surface area contributed by atoms with Crippen LogP contribution >= 0.6 is 24.8 Å². The Labute approximate surface area is 85.4 Å². The van der Waals surface area contributed by atoms with Crippen molar-refractivity contribution in [1.29, 1.82) is 0 Å². The number of nitrogens with two attached hydrogens (primary N) is 1. The highest BCUT2D eigenvalue weighted by molar-refractivity contribution is 5.85. The molecular weight excluding hydrogens is 195 g/mol. The Morgan fingerprint density at radius 3 is 2.33 bits per heavy atom. The van der Waals surface area contributed by atoms with Gasteiger partial charge in [0.1, 0.15) is 0 Å². The van der Waals surface area contributed by atoms with Crippen molar-refractivity contribution in [3.63, 3.8) is 0 Å². The van der Waals surface area contributed by atoms with Crippen LogP contribution in [-0.2, 0) is 0 Å². The fraction of sp³-hybridized carbons (Fsp3) is 0.375. The number of aromatic nitrogens is 1. The van der Waals surface area contributed by atoms with Gasteiger partial charge in [-0.25, -0.2) is 0 Å². The van der Waals surface area contributed by atoms with Crippen molar-refractivity contribution in [3.8, 4) is 0 Å². The highest BCUT2D eigenvalue weighted by atomic mass is 35.5. The zero-order chi connectivity index (χ0) is 7.56. The monoisotopic (exact) mass is 208 g/mol. The SMILES string of the molecule is Cc1cccnc1C(C)N.Cl.Cl. The molecule has 0 aliphatic carbocycles. The summed E-state index contributed by atoms with van der Waals surface area (Å²) in [4.78, 5) is 4.15. The second kappa shape index (κ2) is 6.23. The van der Waals surface area contributed by atoms with Crippen LogP contribution < -0.4 is 5.73 Å². The predicted molar refractivity (Wildman–Crippen MR) is 56.1 cm³/mol. The van der Waals surface area contributed by atoms with Gasteiger partial charge in [0.05, 0.1) is 5.69 Å². The smallest absolute Gasteiger partial charge is 0.0597 e. The van der Waals surface area contributed by atoms with Crippen LogP contribution in [-0.4, -0.2) is 4.98 Å². The van der Waals surface area contributed by atoms with E-state index in [1.54, 1.807) is 6.20 Å². The molecule has 12 heavy (non-hydrogen) atoms. The number of nitrogens with zero attached hydrogens (tertiary/aromatic N) is 1. The van der Waals surface area contributed by atoms with Crippen molar-refractivity contribution in [3.05, 3.63) is 29.6 Å². The lowest BCUT2D eigenvalue weighted by Crippen LogP contribution is -2.08. The summed E-state index contributed by atoms with van der Waals surface area (Å²) in [5.74, 6) is 0. The third-order valence-electron chi connectivity index (χ3n) is 1.48. The minimum atomic E-state index is 0. The molecule has 0 aliphatic rings. The van der Waals surface area contributed by atoms with Crippen molar-refractivity contribution < 1.29 is 0 Å². The van der Waals surface area contributed by atoms with Crippen LogP contribution in [0, 0.1) is 6.92 Å². The van der Waals surface area contributed by atoms with E-state index in [4.69, 9.17) is 5.73 Å². The first-order valence-electron chi connectivity index (χ1n) is 3.39. The third kappa shape index (κ3) is 3.39. The highest BCUT2D eigenvalue weighted by Gasteiger charge is 2.01. The van der Waals surface area contributed by atoms with Gasteiger partial charge in [-0.1, -0.05) is 6.07 Å². The maximum absolute atomic E-state index is 5.65. The van der Waals surface area contributed by atoms with Crippen molar-refractivity contribution >= 4 is 24.8 Å². The lowest BCUT2D eigenvalue weighted by molar-refractivity contribution is 0.772. The van der Waals surface area contributed by atoms with E-state index < -0.39 is 0 Å². The quantitative estimate of drug-likeness (QED) is 0.770. The Kier molecular flexibility index (Phi) is 7.39. The molecular formula is C8H14Cl2N2. The highest BCUT2D eigenvalue weighted by Crippen LogP contribution is 2.09. The van der Waals surface area contributed by atoms with Gasteiger partial charge >= 0.3 is 0 Å². The van der Waals surface area contributed by atoms with E-state index in [0.717, 1.165) is 11.3 Å². The fourth-order valence-electron chi connectivity index (χ4n) is 0.975. The van der Waals surface area contributed by atoms with E-state index in [9.17, 15) is 0 Å². The largest absolute Gasteiger partial charge is 0.323 e. The number of rotatable bonds is 1. The first kappa shape index (κ1) is 14.2. The second-order valence-electron chi connectivity index (χ2n) is 2.49. The molecule has 2 nitrogen and oxygen atoms in total. The van der Waals surface area contributed by atoms with Gasteiger partial charge in [0.2, 0.25) is 0 Å². The summed E-state index contributed by atoms with van der Waals surface area (Å²) < 4.78 is 0. The molecule has 1 heterocycles. The molecule has 0 saturated heterocycles. The molecule has 0 aliphatic heterocycles. The Hall–Kier alpha value is -0.310. The van der Waals surface area contributed by atoms with Gasteiger partial charge < -0.3 is 5.73 Å². The Balaban J connectivity index is 0. The Bertz CT molecular complexity index is 226. The standard InChI is InChI=1S/C8H12N2.2ClH/c1-6-4-3-5-10-8(6)7(2)9;;/h3-5,7H,9H2,1-2H3;2*1H. The summed E-state index contributed by atoms with van der Waals surface area (Å²) in [6, 6.07) is 3.98. The average molecular weight is 209 g/mol. The molecule has 1 aromatic heterocycles. The van der Waals surface area contributed by atoms with Gasteiger partial charge in [-0.3, -0.25) is 4.98 Å². The molecule has 1 unspecified atom stereocenters. The summed E-state index contributed by atoms with van der Waals surface area (Å²) in [6.07, 6.45) is 1.77. The molecule has 0 radical (unpaired) electrons. The topological polar surface area (TPSA) is 38.9 Å². The molecule has 0 fully saturated rings. The van der Waals surface area contributed by atoms with Gasteiger partial charge in [-0.05, 0) is 25.5 Å². The molecule has 4 heteroatoms. The molecule has 1 rings (SSSR count). The lowest BCUT2D eigenvalue weighted by atomic mass is 10.1. The molecule has 1 aromatic rings. The average Bonchev–Trinajstić information content (AvgIpc) is 1.88. The lowest BCUT2D eigenvalue weighted by Gasteiger charge is -2.06. The molecule has 70 valence electrons. The van der Waals surface area contributed by atoms with Gasteiger partial charge in [0, 0.05) is 12.2 Å². The van der Waals surface area contributed by atoms with Crippen molar-refractivity contribution in [2.24, 2.45) is 5.73 Å². The molecule has 0 spiro atoms. The molecule has 0 saturated carbocycles. The summed E-state index contributed by atoms with van der Waals surface area (Å²) in [6.45, 7) is 3.96. The van der Waals surface area contributed by atoms with E-state index in [1.807, 2.05) is 26.0 Å². The van der Waals surface area contributed by atoms with Crippen LogP contribution in [0.4, 0.5) is 0 Å². The van der Waals surface area contributed by atoms with Crippen LogP contribution in [0.25, 0.3) is 0 Å². The van der Waals surface area contributed by atoms with E-state index in [1.165, 1.54) is 0 Å². The normalized spacial score (nSPS) is 10.9. The zero-order valence-electron chi connectivity index (χ0n) is 7.15. The fourth-order valence-corrected chi connectivity index (χ4v) is 0.975.